The van der Waals surface area contributed by atoms with E-state index in [1.807, 2.05) is 0 Å². The minimum Gasteiger partial charge on any atom is -0.341 e. The van der Waals surface area contributed by atoms with E-state index in [0.717, 1.165) is 18.1 Å². The lowest BCUT2D eigenvalue weighted by atomic mass is 10.1. The fourth-order valence-corrected chi connectivity index (χ4v) is 2.83. The van der Waals surface area contributed by atoms with Crippen molar-refractivity contribution in [2.75, 3.05) is 13.1 Å². The Balaban J connectivity index is 1.92. The van der Waals surface area contributed by atoms with Gasteiger partial charge in [-0.2, -0.15) is 0 Å². The largest absolute Gasteiger partial charge is 0.341 e. The van der Waals surface area contributed by atoms with Crippen LogP contribution < -0.4 is 5.32 Å². The predicted molar refractivity (Wildman–Crippen MR) is 64.5 cm³/mol. The van der Waals surface area contributed by atoms with Gasteiger partial charge in [0.15, 0.2) is 5.01 Å². The van der Waals surface area contributed by atoms with Crippen molar-refractivity contribution in [1.82, 2.24) is 20.1 Å². The molecular formula is C11H14N4S. The quantitative estimate of drug-likeness (QED) is 0.863. The molecule has 3 rings (SSSR count). The van der Waals surface area contributed by atoms with Crippen LogP contribution in [0.1, 0.15) is 18.9 Å². The Morgan fingerprint density at radius 1 is 1.50 bits per heavy atom. The van der Waals surface area contributed by atoms with Gasteiger partial charge in [0.1, 0.15) is 5.51 Å². The van der Waals surface area contributed by atoms with E-state index in [2.05, 4.69) is 38.4 Å². The van der Waals surface area contributed by atoms with Crippen molar-refractivity contribution in [2.24, 2.45) is 0 Å². The molecule has 0 bridgehead atoms. The molecule has 5 heteroatoms. The summed E-state index contributed by atoms with van der Waals surface area (Å²) in [4.78, 5) is 0. The zero-order valence-electron chi connectivity index (χ0n) is 8.97. The van der Waals surface area contributed by atoms with Gasteiger partial charge >= 0.3 is 0 Å². The molecule has 0 aromatic carbocycles. The first-order valence-electron chi connectivity index (χ1n) is 5.59. The van der Waals surface area contributed by atoms with Crippen molar-refractivity contribution < 1.29 is 0 Å². The van der Waals surface area contributed by atoms with Crippen molar-refractivity contribution in [2.45, 2.75) is 18.9 Å². The summed E-state index contributed by atoms with van der Waals surface area (Å²) in [5.41, 5.74) is 2.97. The average molecular weight is 234 g/mol. The van der Waals surface area contributed by atoms with E-state index in [1.165, 1.54) is 18.5 Å². The zero-order chi connectivity index (χ0) is 10.8. The third-order valence-electron chi connectivity index (χ3n) is 3.02. The van der Waals surface area contributed by atoms with Crippen LogP contribution in [0.4, 0.5) is 0 Å². The van der Waals surface area contributed by atoms with Gasteiger partial charge in [0.25, 0.3) is 0 Å². The van der Waals surface area contributed by atoms with Crippen LogP contribution in [-0.2, 0) is 0 Å². The number of hydrogen-bond donors (Lipinski definition) is 1. The molecule has 1 N–H and O–H groups in total. The number of nitrogens with one attached hydrogen (secondary N) is 1. The number of nitrogens with zero attached hydrogens (tertiary/aromatic N) is 3. The number of aromatic nitrogens is 3. The van der Waals surface area contributed by atoms with E-state index < -0.39 is 0 Å². The SMILES string of the molecule is c1cc(-c2nncs2)n(C2CCCNC2)c1. The molecule has 1 saturated heterocycles. The Hall–Kier alpha value is -1.20. The van der Waals surface area contributed by atoms with Gasteiger partial charge in [0, 0.05) is 18.8 Å². The summed E-state index contributed by atoms with van der Waals surface area (Å²) in [5.74, 6) is 0. The first-order valence-corrected chi connectivity index (χ1v) is 6.47. The van der Waals surface area contributed by atoms with Gasteiger partial charge in [-0.1, -0.05) is 11.3 Å². The first kappa shape index (κ1) is 9.99. The molecule has 0 aliphatic carbocycles. The third kappa shape index (κ3) is 1.76. The molecule has 0 spiro atoms. The highest BCUT2D eigenvalue weighted by molar-refractivity contribution is 7.12. The second-order valence-electron chi connectivity index (χ2n) is 4.04. The van der Waals surface area contributed by atoms with Crippen LogP contribution in [0.25, 0.3) is 10.7 Å². The van der Waals surface area contributed by atoms with Crippen LogP contribution in [0, 0.1) is 0 Å². The molecule has 2 aromatic rings. The van der Waals surface area contributed by atoms with Crippen LogP contribution in [0.5, 0.6) is 0 Å². The van der Waals surface area contributed by atoms with E-state index >= 15 is 0 Å². The van der Waals surface area contributed by atoms with E-state index in [-0.39, 0.29) is 0 Å². The van der Waals surface area contributed by atoms with Gasteiger partial charge in [0.2, 0.25) is 0 Å². The van der Waals surface area contributed by atoms with Gasteiger partial charge < -0.3 is 9.88 Å². The first-order chi connectivity index (χ1) is 7.95. The standard InChI is InChI=1S/C11H14N4S/c1-3-9(7-12-5-1)15-6-2-4-10(15)11-14-13-8-16-11/h2,4,6,8-9,12H,1,3,5,7H2. The molecular weight excluding hydrogens is 220 g/mol. The summed E-state index contributed by atoms with van der Waals surface area (Å²) in [6.07, 6.45) is 4.64. The van der Waals surface area contributed by atoms with Gasteiger partial charge in [-0.3, -0.25) is 0 Å². The van der Waals surface area contributed by atoms with Crippen LogP contribution >= 0.6 is 11.3 Å². The Morgan fingerprint density at radius 3 is 3.25 bits per heavy atom. The summed E-state index contributed by atoms with van der Waals surface area (Å²) < 4.78 is 2.33. The second kappa shape index (κ2) is 4.35. The van der Waals surface area contributed by atoms with Gasteiger partial charge in [-0.25, -0.2) is 0 Å². The van der Waals surface area contributed by atoms with Crippen LogP contribution in [0.15, 0.2) is 23.8 Å². The highest BCUT2D eigenvalue weighted by Crippen LogP contribution is 2.27. The van der Waals surface area contributed by atoms with E-state index in [1.54, 1.807) is 16.8 Å². The smallest absolute Gasteiger partial charge is 0.164 e. The number of piperidine rings is 1. The monoisotopic (exact) mass is 234 g/mol. The summed E-state index contributed by atoms with van der Waals surface area (Å²) in [5, 5.41) is 12.5. The minimum absolute atomic E-state index is 0.558. The predicted octanol–water partition coefficient (Wildman–Crippen LogP) is 1.93. The van der Waals surface area contributed by atoms with Crippen molar-refractivity contribution in [1.29, 1.82) is 0 Å². The average Bonchev–Trinajstić information content (AvgIpc) is 3.01. The normalized spacial score (nSPS) is 21.1. The summed E-state index contributed by atoms with van der Waals surface area (Å²) in [7, 11) is 0. The molecule has 0 saturated carbocycles. The molecule has 3 heterocycles. The lowest BCUT2D eigenvalue weighted by molar-refractivity contribution is 0.375. The third-order valence-corrected chi connectivity index (χ3v) is 3.74. The Labute approximate surface area is 98.3 Å². The highest BCUT2D eigenvalue weighted by atomic mass is 32.1. The maximum atomic E-state index is 4.14. The maximum absolute atomic E-state index is 4.14. The molecule has 0 amide bonds. The molecule has 84 valence electrons. The van der Waals surface area contributed by atoms with Crippen LogP contribution in [0.3, 0.4) is 0 Å². The Kier molecular flexibility index (Phi) is 2.71. The number of hydrogen-bond acceptors (Lipinski definition) is 4. The minimum atomic E-state index is 0.558. The Bertz CT molecular complexity index is 442. The lowest BCUT2D eigenvalue weighted by Crippen LogP contribution is -2.31. The fraction of sp³-hybridized carbons (Fsp3) is 0.455. The molecule has 16 heavy (non-hydrogen) atoms. The van der Waals surface area contributed by atoms with E-state index in [0.29, 0.717) is 6.04 Å². The maximum Gasteiger partial charge on any atom is 0.164 e. The van der Waals surface area contributed by atoms with Gasteiger partial charge in [0.05, 0.1) is 5.69 Å². The lowest BCUT2D eigenvalue weighted by Gasteiger charge is -2.25. The molecule has 1 atom stereocenters. The summed E-state index contributed by atoms with van der Waals surface area (Å²) >= 11 is 1.60. The Morgan fingerprint density at radius 2 is 2.50 bits per heavy atom. The van der Waals surface area contributed by atoms with E-state index in [4.69, 9.17) is 0 Å². The summed E-state index contributed by atoms with van der Waals surface area (Å²) in [6.45, 7) is 2.20. The fourth-order valence-electron chi connectivity index (χ4n) is 2.25. The van der Waals surface area contributed by atoms with E-state index in [9.17, 15) is 0 Å². The van der Waals surface area contributed by atoms with Crippen molar-refractivity contribution in [3.63, 3.8) is 0 Å². The molecule has 1 aliphatic heterocycles. The van der Waals surface area contributed by atoms with Crippen molar-refractivity contribution >= 4 is 11.3 Å². The topological polar surface area (TPSA) is 42.7 Å². The number of rotatable bonds is 2. The summed E-state index contributed by atoms with van der Waals surface area (Å²) in [6, 6.07) is 4.77. The second-order valence-corrected chi connectivity index (χ2v) is 4.88. The van der Waals surface area contributed by atoms with Crippen LogP contribution in [0.2, 0.25) is 0 Å². The van der Waals surface area contributed by atoms with Crippen molar-refractivity contribution in [3.05, 3.63) is 23.8 Å². The van der Waals surface area contributed by atoms with Crippen LogP contribution in [-0.4, -0.2) is 27.9 Å². The van der Waals surface area contributed by atoms with Gasteiger partial charge in [-0.15, -0.1) is 10.2 Å². The highest BCUT2D eigenvalue weighted by Gasteiger charge is 2.18. The van der Waals surface area contributed by atoms with Gasteiger partial charge in [-0.05, 0) is 31.5 Å². The molecule has 4 nitrogen and oxygen atoms in total. The molecule has 1 fully saturated rings. The zero-order valence-corrected chi connectivity index (χ0v) is 9.78. The molecule has 1 unspecified atom stereocenters. The van der Waals surface area contributed by atoms with Crippen molar-refractivity contribution in [3.8, 4) is 10.7 Å². The molecule has 1 aliphatic rings. The molecule has 2 aromatic heterocycles. The molecule has 0 radical (unpaired) electrons.